The molecular weight excluding hydrogens is 777 g/mol. The van der Waals surface area contributed by atoms with Crippen molar-refractivity contribution in [2.75, 3.05) is 6.79 Å². The third kappa shape index (κ3) is 4.91. The van der Waals surface area contributed by atoms with E-state index < -0.39 is 5.41 Å². The van der Waals surface area contributed by atoms with Crippen LogP contribution in [0.1, 0.15) is 72.2 Å². The molecule has 9 aromatic carbocycles. The molecule has 0 spiro atoms. The Morgan fingerprint density at radius 1 is 0.312 bits per heavy atom. The van der Waals surface area contributed by atoms with Gasteiger partial charge in [0.05, 0.1) is 5.41 Å². The summed E-state index contributed by atoms with van der Waals surface area (Å²) in [7, 11) is 0. The Morgan fingerprint density at radius 2 is 0.719 bits per heavy atom. The Kier molecular flexibility index (Phi) is 7.72. The molecular formula is C62H46O2. The fourth-order valence-corrected chi connectivity index (χ4v) is 12.2. The van der Waals surface area contributed by atoms with E-state index in [1.165, 1.54) is 111 Å². The molecule has 13 rings (SSSR count). The summed E-state index contributed by atoms with van der Waals surface area (Å²) in [5.41, 5.74) is 24.4. The molecule has 0 saturated carbocycles. The average molecular weight is 823 g/mol. The van der Waals surface area contributed by atoms with Crippen LogP contribution in [0.15, 0.2) is 194 Å². The predicted octanol–water partition coefficient (Wildman–Crippen LogP) is 15.4. The molecule has 9 aromatic rings. The van der Waals surface area contributed by atoms with Crippen LogP contribution >= 0.6 is 0 Å². The SMILES string of the molecule is CC1(C)c2ccccc2-c2c(-c3cccc(C4(c5cccc(-c6cccc7c6-c6ccccc6C7(C)C)c5)c5cc6c(cc5-c5c(-c7ccccc7)cccc54)OCO6)c3)cccc21. The lowest BCUT2D eigenvalue weighted by molar-refractivity contribution is 0.174. The van der Waals surface area contributed by atoms with Crippen molar-refractivity contribution in [3.8, 4) is 78.3 Å². The Hall–Kier alpha value is -7.42. The molecule has 3 aliphatic carbocycles. The Bertz CT molecular complexity index is 3270. The Morgan fingerprint density at radius 3 is 1.28 bits per heavy atom. The van der Waals surface area contributed by atoms with Crippen LogP contribution in [-0.4, -0.2) is 6.79 Å². The summed E-state index contributed by atoms with van der Waals surface area (Å²) in [4.78, 5) is 0. The van der Waals surface area contributed by atoms with Crippen molar-refractivity contribution < 1.29 is 9.47 Å². The maximum atomic E-state index is 6.27. The number of hydrogen-bond acceptors (Lipinski definition) is 2. The zero-order valence-corrected chi connectivity index (χ0v) is 36.5. The second kappa shape index (κ2) is 13.3. The predicted molar refractivity (Wildman–Crippen MR) is 261 cm³/mol. The van der Waals surface area contributed by atoms with E-state index in [2.05, 4.69) is 222 Å². The molecule has 0 bridgehead atoms. The third-order valence-electron chi connectivity index (χ3n) is 15.2. The normalized spacial score (nSPS) is 15.8. The molecule has 0 N–H and O–H groups in total. The van der Waals surface area contributed by atoms with Gasteiger partial charge in [0.25, 0.3) is 0 Å². The van der Waals surface area contributed by atoms with E-state index in [0.29, 0.717) is 0 Å². The van der Waals surface area contributed by atoms with E-state index >= 15 is 0 Å². The highest BCUT2D eigenvalue weighted by Gasteiger charge is 2.49. The van der Waals surface area contributed by atoms with Gasteiger partial charge in [0.1, 0.15) is 0 Å². The lowest BCUT2D eigenvalue weighted by Crippen LogP contribution is -2.28. The van der Waals surface area contributed by atoms with Crippen molar-refractivity contribution in [1.29, 1.82) is 0 Å². The monoisotopic (exact) mass is 822 g/mol. The molecule has 0 atom stereocenters. The van der Waals surface area contributed by atoms with E-state index in [1.54, 1.807) is 0 Å². The quantitative estimate of drug-likeness (QED) is 0.172. The number of rotatable bonds is 5. The van der Waals surface area contributed by atoms with Gasteiger partial charge in [0, 0.05) is 10.8 Å². The highest BCUT2D eigenvalue weighted by atomic mass is 16.7. The summed E-state index contributed by atoms with van der Waals surface area (Å²) in [6.45, 7) is 9.66. The van der Waals surface area contributed by atoms with E-state index in [1.807, 2.05) is 0 Å². The van der Waals surface area contributed by atoms with Crippen LogP contribution in [0, 0.1) is 0 Å². The lowest BCUT2D eigenvalue weighted by Gasteiger charge is -2.35. The fourth-order valence-electron chi connectivity index (χ4n) is 12.2. The van der Waals surface area contributed by atoms with Gasteiger partial charge in [0.2, 0.25) is 6.79 Å². The van der Waals surface area contributed by atoms with Crippen LogP contribution in [-0.2, 0) is 16.2 Å². The highest BCUT2D eigenvalue weighted by Crippen LogP contribution is 2.62. The summed E-state index contributed by atoms with van der Waals surface area (Å²) in [5, 5.41) is 0. The van der Waals surface area contributed by atoms with Crippen LogP contribution in [0.2, 0.25) is 0 Å². The number of benzene rings is 9. The first-order valence-electron chi connectivity index (χ1n) is 22.6. The molecule has 1 heterocycles. The first-order chi connectivity index (χ1) is 31.3. The largest absolute Gasteiger partial charge is 0.454 e. The van der Waals surface area contributed by atoms with Gasteiger partial charge in [-0.15, -0.1) is 0 Å². The molecule has 0 saturated heterocycles. The minimum absolute atomic E-state index is 0.103. The van der Waals surface area contributed by atoms with E-state index in [-0.39, 0.29) is 17.6 Å². The van der Waals surface area contributed by atoms with Gasteiger partial charge in [-0.2, -0.15) is 0 Å². The van der Waals surface area contributed by atoms with E-state index in [9.17, 15) is 0 Å². The van der Waals surface area contributed by atoms with Gasteiger partial charge in [-0.1, -0.05) is 198 Å². The smallest absolute Gasteiger partial charge is 0.231 e. The minimum Gasteiger partial charge on any atom is -0.454 e. The van der Waals surface area contributed by atoms with Gasteiger partial charge >= 0.3 is 0 Å². The zero-order valence-electron chi connectivity index (χ0n) is 36.5. The Balaban J connectivity index is 1.12. The number of hydrogen-bond donors (Lipinski definition) is 0. The van der Waals surface area contributed by atoms with Gasteiger partial charge in [-0.05, 0) is 136 Å². The number of ether oxygens (including phenoxy) is 2. The first-order valence-corrected chi connectivity index (χ1v) is 22.6. The molecule has 0 aromatic heterocycles. The van der Waals surface area contributed by atoms with Crippen molar-refractivity contribution in [2.24, 2.45) is 0 Å². The summed E-state index contributed by atoms with van der Waals surface area (Å²) >= 11 is 0. The van der Waals surface area contributed by atoms with Crippen LogP contribution in [0.3, 0.4) is 0 Å². The molecule has 64 heavy (non-hydrogen) atoms. The average Bonchev–Trinajstić information content (AvgIpc) is 4.05. The van der Waals surface area contributed by atoms with Crippen molar-refractivity contribution in [1.82, 2.24) is 0 Å². The molecule has 1 aliphatic heterocycles. The van der Waals surface area contributed by atoms with Crippen molar-refractivity contribution >= 4 is 0 Å². The van der Waals surface area contributed by atoms with Gasteiger partial charge in [0.15, 0.2) is 11.5 Å². The Labute approximate surface area is 375 Å². The van der Waals surface area contributed by atoms with Crippen molar-refractivity contribution in [2.45, 2.75) is 43.9 Å². The summed E-state index contributed by atoms with van der Waals surface area (Å²) < 4.78 is 12.4. The maximum absolute atomic E-state index is 6.27. The highest BCUT2D eigenvalue weighted by molar-refractivity contribution is 5.99. The second-order valence-corrected chi connectivity index (χ2v) is 19.1. The molecule has 0 radical (unpaired) electrons. The van der Waals surface area contributed by atoms with Gasteiger partial charge in [-0.3, -0.25) is 0 Å². The van der Waals surface area contributed by atoms with Crippen LogP contribution in [0.5, 0.6) is 11.5 Å². The van der Waals surface area contributed by atoms with Crippen molar-refractivity contribution in [3.05, 3.63) is 239 Å². The molecule has 0 unspecified atom stereocenters. The fraction of sp³-hybridized carbons (Fsp3) is 0.129. The lowest BCUT2D eigenvalue weighted by atomic mass is 9.66. The summed E-state index contributed by atoms with van der Waals surface area (Å²) in [6, 6.07) is 72.8. The maximum Gasteiger partial charge on any atom is 0.231 e. The molecule has 2 nitrogen and oxygen atoms in total. The standard InChI is InChI=1S/C62H46O2/c1-60(2)49-28-10-8-23-46(49)57-44(26-14-30-51(57)60)39-19-12-21-41(33-39)62(42-22-13-20-40(34-42)45-27-15-31-52-58(45)47-24-9-11-29-50(47)61(52,3)4)53-32-16-25-43(38-17-6-5-7-18-38)59(53)48-35-55-56(36-54(48)62)64-37-63-55/h5-36H,37H2,1-4H3. The third-order valence-corrected chi connectivity index (χ3v) is 15.2. The van der Waals surface area contributed by atoms with Gasteiger partial charge in [-0.25, -0.2) is 0 Å². The molecule has 0 fully saturated rings. The second-order valence-electron chi connectivity index (χ2n) is 19.1. The van der Waals surface area contributed by atoms with Crippen molar-refractivity contribution in [3.63, 3.8) is 0 Å². The molecule has 4 aliphatic rings. The van der Waals surface area contributed by atoms with E-state index in [0.717, 1.165) is 11.5 Å². The number of fused-ring (bicyclic) bond motifs is 10. The summed E-state index contributed by atoms with van der Waals surface area (Å²) in [5.74, 6) is 1.57. The van der Waals surface area contributed by atoms with Crippen LogP contribution in [0.4, 0.5) is 0 Å². The molecule has 306 valence electrons. The molecule has 0 amide bonds. The van der Waals surface area contributed by atoms with E-state index in [4.69, 9.17) is 9.47 Å². The minimum atomic E-state index is -0.729. The van der Waals surface area contributed by atoms with Crippen LogP contribution in [0.25, 0.3) is 66.8 Å². The van der Waals surface area contributed by atoms with Gasteiger partial charge < -0.3 is 9.47 Å². The first kappa shape index (κ1) is 37.2. The molecule has 2 heteroatoms. The topological polar surface area (TPSA) is 18.5 Å². The summed E-state index contributed by atoms with van der Waals surface area (Å²) in [6.07, 6.45) is 0. The van der Waals surface area contributed by atoms with Crippen LogP contribution < -0.4 is 9.47 Å². The zero-order chi connectivity index (χ0) is 43.0.